The minimum absolute atomic E-state index is 0.0930. The van der Waals surface area contributed by atoms with Crippen LogP contribution in [0.25, 0.3) is 0 Å². The van der Waals surface area contributed by atoms with Crippen LogP contribution in [0.3, 0.4) is 0 Å². The molecule has 0 rings (SSSR count). The van der Waals surface area contributed by atoms with Gasteiger partial charge < -0.3 is 15.7 Å². The lowest BCUT2D eigenvalue weighted by Crippen LogP contribution is -2.04. The molecule has 15 heavy (non-hydrogen) atoms. The molecule has 0 unspecified atom stereocenters. The molecule has 0 amide bonds. The number of carbonyl (C=O) groups is 1. The van der Waals surface area contributed by atoms with E-state index in [0.29, 0.717) is 19.6 Å². The van der Waals surface area contributed by atoms with Gasteiger partial charge in [-0.3, -0.25) is 4.79 Å². The number of nitrogens with two attached hydrogens (primary N) is 1. The van der Waals surface area contributed by atoms with E-state index >= 15 is 0 Å². The molecule has 0 bridgehead atoms. The normalized spacial score (nSPS) is 8.67. The van der Waals surface area contributed by atoms with Gasteiger partial charge in [-0.25, -0.2) is 0 Å². The summed E-state index contributed by atoms with van der Waals surface area (Å²) < 4.78 is 4.75. The second-order valence-corrected chi connectivity index (χ2v) is 2.64. The first kappa shape index (κ1) is 16.1. The second-order valence-electron chi connectivity index (χ2n) is 2.64. The van der Waals surface area contributed by atoms with Crippen molar-refractivity contribution >= 4 is 5.97 Å². The molecule has 0 radical (unpaired) electrons. The minimum Gasteiger partial charge on any atom is -0.466 e. The summed E-state index contributed by atoms with van der Waals surface area (Å²) in [5.74, 6) is -0.0930. The van der Waals surface area contributed by atoms with Gasteiger partial charge in [0.25, 0.3) is 5.09 Å². The van der Waals surface area contributed by atoms with Crippen LogP contribution in [-0.2, 0) is 9.53 Å². The third kappa shape index (κ3) is 24.5. The quantitative estimate of drug-likeness (QED) is 0.296. The molecule has 0 spiro atoms. The Bertz CT molecular complexity index is 170. The van der Waals surface area contributed by atoms with Crippen LogP contribution < -0.4 is 5.73 Å². The van der Waals surface area contributed by atoms with E-state index in [1.807, 2.05) is 6.92 Å². The maximum atomic E-state index is 10.8. The van der Waals surface area contributed by atoms with Crippen molar-refractivity contribution in [2.75, 3.05) is 13.2 Å². The van der Waals surface area contributed by atoms with E-state index in [-0.39, 0.29) is 5.97 Å². The van der Waals surface area contributed by atoms with Crippen LogP contribution in [-0.4, -0.2) is 29.4 Å². The molecule has 0 atom stereocenters. The molecule has 0 heterocycles. The number of ether oxygens (including phenoxy) is 1. The van der Waals surface area contributed by atoms with Crippen molar-refractivity contribution in [3.05, 3.63) is 10.1 Å². The van der Waals surface area contributed by atoms with Gasteiger partial charge in [0.05, 0.1) is 6.61 Å². The summed E-state index contributed by atoms with van der Waals surface area (Å²) in [5, 5.41) is 13.6. The molecule has 3 N–H and O–H groups in total. The van der Waals surface area contributed by atoms with Crippen LogP contribution in [0.5, 0.6) is 0 Å². The molecular weight excluding hydrogens is 204 g/mol. The van der Waals surface area contributed by atoms with E-state index in [4.69, 9.17) is 25.8 Å². The monoisotopic (exact) mass is 222 g/mol. The molecule has 0 saturated carbocycles. The van der Waals surface area contributed by atoms with Gasteiger partial charge in [-0.1, -0.05) is 6.42 Å². The predicted molar refractivity (Wildman–Crippen MR) is 52.9 cm³/mol. The van der Waals surface area contributed by atoms with Crippen molar-refractivity contribution in [2.24, 2.45) is 5.73 Å². The van der Waals surface area contributed by atoms with E-state index in [9.17, 15) is 4.79 Å². The summed E-state index contributed by atoms with van der Waals surface area (Å²) in [5.41, 5.74) is 5.29. The predicted octanol–water partition coefficient (Wildman–Crippen LogP) is 0.721. The summed E-state index contributed by atoms with van der Waals surface area (Å²) in [4.78, 5) is 19.1. The SMILES string of the molecule is CCOC(=O)CCCCCN.O=[N+]([O-])O. The fraction of sp³-hybridized carbons (Fsp3) is 0.875. The van der Waals surface area contributed by atoms with Crippen molar-refractivity contribution in [1.29, 1.82) is 0 Å². The molecule has 0 aliphatic carbocycles. The van der Waals surface area contributed by atoms with Crippen molar-refractivity contribution in [2.45, 2.75) is 32.6 Å². The Labute approximate surface area is 88.3 Å². The Kier molecular flexibility index (Phi) is 13.5. The number of carbonyl (C=O) groups excluding carboxylic acids is 1. The van der Waals surface area contributed by atoms with E-state index in [2.05, 4.69) is 0 Å². The molecule has 0 aliphatic heterocycles. The minimum atomic E-state index is -1.50. The Morgan fingerprint density at radius 1 is 1.47 bits per heavy atom. The lowest BCUT2D eigenvalue weighted by atomic mass is 10.2. The van der Waals surface area contributed by atoms with Crippen LogP contribution >= 0.6 is 0 Å². The molecule has 0 fully saturated rings. The lowest BCUT2D eigenvalue weighted by molar-refractivity contribution is -0.742. The smallest absolute Gasteiger partial charge is 0.305 e. The van der Waals surface area contributed by atoms with Gasteiger partial charge in [-0.2, -0.15) is 0 Å². The molecule has 0 aromatic carbocycles. The summed E-state index contributed by atoms with van der Waals surface area (Å²) in [6.45, 7) is 3.01. The van der Waals surface area contributed by atoms with E-state index in [0.717, 1.165) is 19.3 Å². The maximum Gasteiger partial charge on any atom is 0.305 e. The highest BCUT2D eigenvalue weighted by molar-refractivity contribution is 5.69. The lowest BCUT2D eigenvalue weighted by Gasteiger charge is -2.00. The van der Waals surface area contributed by atoms with Gasteiger partial charge in [0.1, 0.15) is 0 Å². The van der Waals surface area contributed by atoms with Gasteiger partial charge >= 0.3 is 5.97 Å². The third-order valence-electron chi connectivity index (χ3n) is 1.39. The van der Waals surface area contributed by atoms with Crippen molar-refractivity contribution < 1.29 is 19.8 Å². The van der Waals surface area contributed by atoms with Crippen LogP contribution in [0.2, 0.25) is 0 Å². The number of nitrogens with zero attached hydrogens (tertiary/aromatic N) is 1. The Morgan fingerprint density at radius 3 is 2.40 bits per heavy atom. The highest BCUT2D eigenvalue weighted by Gasteiger charge is 1.99. The van der Waals surface area contributed by atoms with Crippen molar-refractivity contribution in [3.8, 4) is 0 Å². The third-order valence-corrected chi connectivity index (χ3v) is 1.39. The maximum absolute atomic E-state index is 10.8. The number of esters is 1. The number of rotatable bonds is 6. The average molecular weight is 222 g/mol. The number of unbranched alkanes of at least 4 members (excludes halogenated alkanes) is 2. The Morgan fingerprint density at radius 2 is 2.00 bits per heavy atom. The fourth-order valence-electron chi connectivity index (χ4n) is 0.824. The van der Waals surface area contributed by atoms with Gasteiger partial charge in [0, 0.05) is 6.42 Å². The molecule has 0 saturated heterocycles. The molecule has 0 aromatic heterocycles. The van der Waals surface area contributed by atoms with Gasteiger partial charge in [0.2, 0.25) is 0 Å². The van der Waals surface area contributed by atoms with E-state index < -0.39 is 5.09 Å². The summed E-state index contributed by atoms with van der Waals surface area (Å²) in [7, 11) is 0. The summed E-state index contributed by atoms with van der Waals surface area (Å²) in [6, 6.07) is 0. The van der Waals surface area contributed by atoms with Crippen LogP contribution in [0.4, 0.5) is 0 Å². The zero-order valence-electron chi connectivity index (χ0n) is 8.85. The highest BCUT2D eigenvalue weighted by atomic mass is 16.9. The van der Waals surface area contributed by atoms with Gasteiger partial charge in [0.15, 0.2) is 0 Å². The summed E-state index contributed by atoms with van der Waals surface area (Å²) >= 11 is 0. The van der Waals surface area contributed by atoms with Gasteiger partial charge in [-0.05, 0) is 26.3 Å². The zero-order valence-corrected chi connectivity index (χ0v) is 8.85. The molecule has 90 valence electrons. The standard InChI is InChI=1S/C8H17NO2.HNO3/c1-2-11-8(10)6-4-3-5-7-9;2-1(3)4/h2-7,9H2,1H3;(H,2,3,4). The molecule has 7 heteroatoms. The summed E-state index contributed by atoms with van der Waals surface area (Å²) in [6.07, 6.45) is 3.46. The van der Waals surface area contributed by atoms with Crippen molar-refractivity contribution in [3.63, 3.8) is 0 Å². The van der Waals surface area contributed by atoms with E-state index in [1.54, 1.807) is 0 Å². The highest BCUT2D eigenvalue weighted by Crippen LogP contribution is 1.99. The molecule has 7 nitrogen and oxygen atoms in total. The molecular formula is C8H18N2O5. The van der Waals surface area contributed by atoms with Crippen LogP contribution in [0, 0.1) is 10.1 Å². The Balaban J connectivity index is 0. The molecule has 0 aromatic rings. The van der Waals surface area contributed by atoms with E-state index in [1.165, 1.54) is 0 Å². The average Bonchev–Trinajstić information content (AvgIpc) is 2.12. The second kappa shape index (κ2) is 12.6. The van der Waals surface area contributed by atoms with Crippen LogP contribution in [0.15, 0.2) is 0 Å². The Hall–Kier alpha value is -1.37. The zero-order chi connectivity index (χ0) is 12.1. The first-order valence-corrected chi connectivity index (χ1v) is 4.73. The first-order chi connectivity index (χ1) is 7.04. The number of hydrogen-bond donors (Lipinski definition) is 2. The van der Waals surface area contributed by atoms with Crippen molar-refractivity contribution in [1.82, 2.24) is 0 Å². The van der Waals surface area contributed by atoms with Crippen LogP contribution in [0.1, 0.15) is 32.6 Å². The molecule has 0 aliphatic rings. The topological polar surface area (TPSA) is 116 Å². The number of hydrogen-bond acceptors (Lipinski definition) is 5. The fourth-order valence-corrected chi connectivity index (χ4v) is 0.824. The van der Waals surface area contributed by atoms with Gasteiger partial charge in [-0.15, -0.1) is 10.1 Å². The first-order valence-electron chi connectivity index (χ1n) is 4.73. The largest absolute Gasteiger partial charge is 0.466 e.